The third kappa shape index (κ3) is 3.85. The number of anilines is 1. The Kier molecular flexibility index (Phi) is 5.30. The molecule has 0 atom stereocenters. The molecule has 0 aliphatic carbocycles. The molecule has 0 N–H and O–H groups in total. The molecule has 2 aliphatic rings. The predicted octanol–water partition coefficient (Wildman–Crippen LogP) is 1.99. The second-order valence-corrected chi connectivity index (χ2v) is 6.33. The molecule has 2 amide bonds. The zero-order valence-electron chi connectivity index (χ0n) is 14.3. The lowest BCUT2D eigenvalue weighted by Gasteiger charge is -2.33. The SMILES string of the molecule is CCN1CCN(C(=O)/C=C/c2ccc(N3CCCC3=O)cc2)CC1. The zero-order chi connectivity index (χ0) is 16.9. The van der Waals surface area contributed by atoms with E-state index in [2.05, 4.69) is 11.8 Å². The fourth-order valence-corrected chi connectivity index (χ4v) is 3.24. The molecule has 3 rings (SSSR count). The summed E-state index contributed by atoms with van der Waals surface area (Å²) in [4.78, 5) is 30.1. The van der Waals surface area contributed by atoms with Gasteiger partial charge in [0.05, 0.1) is 0 Å². The van der Waals surface area contributed by atoms with Crippen molar-refractivity contribution in [3.8, 4) is 0 Å². The van der Waals surface area contributed by atoms with Crippen LogP contribution in [0.25, 0.3) is 6.08 Å². The van der Waals surface area contributed by atoms with Gasteiger partial charge in [0.2, 0.25) is 11.8 Å². The maximum absolute atomic E-state index is 12.3. The molecule has 128 valence electrons. The quantitative estimate of drug-likeness (QED) is 0.795. The first kappa shape index (κ1) is 16.7. The van der Waals surface area contributed by atoms with Crippen molar-refractivity contribution in [1.82, 2.24) is 9.80 Å². The van der Waals surface area contributed by atoms with E-state index in [1.807, 2.05) is 40.1 Å². The Balaban J connectivity index is 1.56. The van der Waals surface area contributed by atoms with Crippen molar-refractivity contribution in [2.24, 2.45) is 0 Å². The molecule has 1 aromatic carbocycles. The molecule has 0 unspecified atom stereocenters. The van der Waals surface area contributed by atoms with E-state index in [0.29, 0.717) is 6.42 Å². The molecule has 2 heterocycles. The van der Waals surface area contributed by atoms with E-state index in [1.165, 1.54) is 0 Å². The van der Waals surface area contributed by atoms with Crippen LogP contribution in [-0.2, 0) is 9.59 Å². The lowest BCUT2D eigenvalue weighted by atomic mass is 10.1. The average molecular weight is 327 g/mol. The summed E-state index contributed by atoms with van der Waals surface area (Å²) in [5, 5.41) is 0. The van der Waals surface area contributed by atoms with Gasteiger partial charge in [0, 0.05) is 50.9 Å². The van der Waals surface area contributed by atoms with Crippen molar-refractivity contribution in [2.45, 2.75) is 19.8 Å². The van der Waals surface area contributed by atoms with Gasteiger partial charge in [-0.15, -0.1) is 0 Å². The normalized spacial score (nSPS) is 19.5. The van der Waals surface area contributed by atoms with Crippen molar-refractivity contribution in [3.05, 3.63) is 35.9 Å². The van der Waals surface area contributed by atoms with E-state index in [4.69, 9.17) is 0 Å². The summed E-state index contributed by atoms with van der Waals surface area (Å²) >= 11 is 0. The summed E-state index contributed by atoms with van der Waals surface area (Å²) in [5.41, 5.74) is 1.92. The molecule has 1 aromatic rings. The van der Waals surface area contributed by atoms with E-state index in [1.54, 1.807) is 6.08 Å². The van der Waals surface area contributed by atoms with Crippen LogP contribution in [-0.4, -0.2) is 60.9 Å². The van der Waals surface area contributed by atoms with Crippen molar-refractivity contribution < 1.29 is 9.59 Å². The van der Waals surface area contributed by atoms with Crippen LogP contribution < -0.4 is 4.90 Å². The van der Waals surface area contributed by atoms with Gasteiger partial charge >= 0.3 is 0 Å². The Morgan fingerprint density at radius 3 is 2.38 bits per heavy atom. The number of carbonyl (C=O) groups excluding carboxylic acids is 2. The van der Waals surface area contributed by atoms with Crippen LogP contribution in [0.4, 0.5) is 5.69 Å². The molecular formula is C19H25N3O2. The fraction of sp³-hybridized carbons (Fsp3) is 0.474. The first-order valence-corrected chi connectivity index (χ1v) is 8.77. The first-order valence-electron chi connectivity index (χ1n) is 8.77. The third-order valence-corrected chi connectivity index (χ3v) is 4.83. The summed E-state index contributed by atoms with van der Waals surface area (Å²) in [7, 11) is 0. The highest BCUT2D eigenvalue weighted by Crippen LogP contribution is 2.21. The number of piperazine rings is 1. The number of amides is 2. The largest absolute Gasteiger partial charge is 0.337 e. The Labute approximate surface area is 143 Å². The highest BCUT2D eigenvalue weighted by atomic mass is 16.2. The lowest BCUT2D eigenvalue weighted by Crippen LogP contribution is -2.48. The number of nitrogens with zero attached hydrogens (tertiary/aromatic N) is 3. The van der Waals surface area contributed by atoms with Gasteiger partial charge in [0.25, 0.3) is 0 Å². The summed E-state index contributed by atoms with van der Waals surface area (Å²) < 4.78 is 0. The van der Waals surface area contributed by atoms with Crippen molar-refractivity contribution in [3.63, 3.8) is 0 Å². The van der Waals surface area contributed by atoms with Crippen LogP contribution in [0.1, 0.15) is 25.3 Å². The molecule has 5 nitrogen and oxygen atoms in total. The molecule has 0 saturated carbocycles. The molecule has 2 aliphatic heterocycles. The smallest absolute Gasteiger partial charge is 0.246 e. The molecule has 24 heavy (non-hydrogen) atoms. The van der Waals surface area contributed by atoms with E-state index < -0.39 is 0 Å². The molecular weight excluding hydrogens is 302 g/mol. The van der Waals surface area contributed by atoms with Crippen molar-refractivity contribution in [1.29, 1.82) is 0 Å². The van der Waals surface area contributed by atoms with Gasteiger partial charge in [0.1, 0.15) is 0 Å². The van der Waals surface area contributed by atoms with Gasteiger partial charge in [-0.05, 0) is 36.7 Å². The van der Waals surface area contributed by atoms with Crippen LogP contribution in [0.5, 0.6) is 0 Å². The summed E-state index contributed by atoms with van der Waals surface area (Å²) in [5.74, 6) is 0.268. The average Bonchev–Trinajstić information content (AvgIpc) is 3.06. The Hall–Kier alpha value is -2.14. The summed E-state index contributed by atoms with van der Waals surface area (Å²) in [6.07, 6.45) is 5.07. The standard InChI is InChI=1S/C19H25N3O2/c1-2-20-12-14-21(15-13-20)18(23)10-7-16-5-8-17(9-6-16)22-11-3-4-19(22)24/h5-10H,2-4,11-15H2,1H3/b10-7+. The molecule has 2 fully saturated rings. The maximum atomic E-state index is 12.3. The first-order chi connectivity index (χ1) is 11.7. The number of likely N-dealkylation sites (N-methyl/N-ethyl adjacent to an activating group) is 1. The Morgan fingerprint density at radius 1 is 1.08 bits per heavy atom. The van der Waals surface area contributed by atoms with E-state index in [9.17, 15) is 9.59 Å². The van der Waals surface area contributed by atoms with Gasteiger partial charge in [0.15, 0.2) is 0 Å². The maximum Gasteiger partial charge on any atom is 0.246 e. The van der Waals surface area contributed by atoms with Crippen LogP contribution in [0, 0.1) is 0 Å². The second kappa shape index (κ2) is 7.62. The highest BCUT2D eigenvalue weighted by molar-refractivity contribution is 5.95. The minimum atomic E-state index is 0.0737. The van der Waals surface area contributed by atoms with Crippen LogP contribution in [0.3, 0.4) is 0 Å². The van der Waals surface area contributed by atoms with Crippen molar-refractivity contribution in [2.75, 3.05) is 44.2 Å². The van der Waals surface area contributed by atoms with Crippen molar-refractivity contribution >= 4 is 23.6 Å². The van der Waals surface area contributed by atoms with Gasteiger partial charge in [-0.3, -0.25) is 9.59 Å². The molecule has 0 spiro atoms. The molecule has 2 saturated heterocycles. The summed E-state index contributed by atoms with van der Waals surface area (Å²) in [6.45, 7) is 7.50. The van der Waals surface area contributed by atoms with Gasteiger partial charge in [-0.2, -0.15) is 0 Å². The topological polar surface area (TPSA) is 43.9 Å². The van der Waals surface area contributed by atoms with Gasteiger partial charge in [-0.1, -0.05) is 19.1 Å². The number of carbonyl (C=O) groups is 2. The molecule has 0 aromatic heterocycles. The Bertz CT molecular complexity index is 616. The van der Waals surface area contributed by atoms with Gasteiger partial charge < -0.3 is 14.7 Å². The predicted molar refractivity (Wildman–Crippen MR) is 95.8 cm³/mol. The van der Waals surface area contributed by atoms with Crippen LogP contribution in [0.15, 0.2) is 30.3 Å². The minimum Gasteiger partial charge on any atom is -0.337 e. The molecule has 0 radical (unpaired) electrons. The van der Waals surface area contributed by atoms with E-state index in [-0.39, 0.29) is 11.8 Å². The minimum absolute atomic E-state index is 0.0737. The van der Waals surface area contributed by atoms with E-state index in [0.717, 1.165) is 56.9 Å². The molecule has 0 bridgehead atoms. The molecule has 5 heteroatoms. The number of benzene rings is 1. The Morgan fingerprint density at radius 2 is 1.79 bits per heavy atom. The zero-order valence-corrected chi connectivity index (χ0v) is 14.3. The fourth-order valence-electron chi connectivity index (χ4n) is 3.24. The number of hydrogen-bond donors (Lipinski definition) is 0. The van der Waals surface area contributed by atoms with E-state index >= 15 is 0 Å². The monoisotopic (exact) mass is 327 g/mol. The third-order valence-electron chi connectivity index (χ3n) is 4.83. The van der Waals surface area contributed by atoms with Crippen LogP contribution in [0.2, 0.25) is 0 Å². The highest BCUT2D eigenvalue weighted by Gasteiger charge is 2.21. The van der Waals surface area contributed by atoms with Crippen LogP contribution >= 0.6 is 0 Å². The number of hydrogen-bond acceptors (Lipinski definition) is 3. The van der Waals surface area contributed by atoms with Gasteiger partial charge in [-0.25, -0.2) is 0 Å². The number of rotatable bonds is 4. The second-order valence-electron chi connectivity index (χ2n) is 6.33. The summed E-state index contributed by atoms with van der Waals surface area (Å²) in [6, 6.07) is 7.82. The lowest BCUT2D eigenvalue weighted by molar-refractivity contribution is -0.127.